The number of hydrogen-bond acceptors (Lipinski definition) is 5. The highest BCUT2D eigenvalue weighted by molar-refractivity contribution is 6.30. The van der Waals surface area contributed by atoms with Crippen molar-refractivity contribution in [3.8, 4) is 17.2 Å². The Morgan fingerprint density at radius 1 is 1.07 bits per heavy atom. The number of pyridine rings is 2. The van der Waals surface area contributed by atoms with Crippen LogP contribution in [0.4, 0.5) is 0 Å². The van der Waals surface area contributed by atoms with Crippen LogP contribution >= 0.6 is 11.6 Å². The predicted octanol–water partition coefficient (Wildman–Crippen LogP) is 3.06. The van der Waals surface area contributed by atoms with E-state index in [4.69, 9.17) is 21.1 Å². The monoisotopic (exact) mass is 385 g/mol. The second-order valence-electron chi connectivity index (χ2n) is 5.77. The summed E-state index contributed by atoms with van der Waals surface area (Å²) in [6, 6.07) is 14.1. The van der Waals surface area contributed by atoms with Crippen LogP contribution in [0.3, 0.4) is 0 Å². The average Bonchev–Trinajstić information content (AvgIpc) is 2.69. The molecule has 1 aromatic carbocycles. The van der Waals surface area contributed by atoms with Gasteiger partial charge in [0.25, 0.3) is 5.56 Å². The van der Waals surface area contributed by atoms with Gasteiger partial charge in [-0.15, -0.1) is 0 Å². The van der Waals surface area contributed by atoms with Crippen molar-refractivity contribution in [2.24, 2.45) is 0 Å². The van der Waals surface area contributed by atoms with E-state index in [0.717, 1.165) is 23.7 Å². The van der Waals surface area contributed by atoms with Crippen LogP contribution in [0.2, 0.25) is 5.02 Å². The third kappa shape index (κ3) is 5.32. The first-order valence-corrected chi connectivity index (χ1v) is 8.87. The zero-order valence-corrected chi connectivity index (χ0v) is 15.6. The summed E-state index contributed by atoms with van der Waals surface area (Å²) in [5, 5.41) is 3.59. The molecule has 140 valence electrons. The summed E-state index contributed by atoms with van der Waals surface area (Å²) in [6.45, 7) is 1.62. The summed E-state index contributed by atoms with van der Waals surface area (Å²) in [7, 11) is 1.87. The van der Waals surface area contributed by atoms with Crippen molar-refractivity contribution in [2.45, 2.75) is 6.61 Å². The van der Waals surface area contributed by atoms with Gasteiger partial charge in [-0.05, 0) is 49.5 Å². The molecule has 2 aromatic heterocycles. The summed E-state index contributed by atoms with van der Waals surface area (Å²) in [5.41, 5.74) is 1.31. The van der Waals surface area contributed by atoms with Crippen LogP contribution in [-0.4, -0.2) is 29.8 Å². The molecule has 6 nitrogen and oxygen atoms in total. The first kappa shape index (κ1) is 18.9. The Morgan fingerprint density at radius 3 is 2.56 bits per heavy atom. The standard InChI is InChI=1S/C20H20ClN3O3/c1-22-9-11-26-18-6-4-17(5-7-18)24-10-8-19(12-20(24)25)27-14-16-3-2-15(21)13-23-16/h2-8,10,12-13,22H,9,11,14H2,1H3. The molecule has 0 aliphatic heterocycles. The quantitative estimate of drug-likeness (QED) is 0.604. The van der Waals surface area contributed by atoms with Crippen molar-refractivity contribution in [1.29, 1.82) is 0 Å². The molecule has 0 saturated carbocycles. The molecule has 2 heterocycles. The number of hydrogen-bond donors (Lipinski definition) is 1. The van der Waals surface area contributed by atoms with Gasteiger partial charge < -0.3 is 14.8 Å². The van der Waals surface area contributed by atoms with Crippen molar-refractivity contribution in [3.63, 3.8) is 0 Å². The number of ether oxygens (including phenoxy) is 2. The van der Waals surface area contributed by atoms with E-state index in [1.165, 1.54) is 6.07 Å². The van der Waals surface area contributed by atoms with Gasteiger partial charge in [0.15, 0.2) is 0 Å². The summed E-state index contributed by atoms with van der Waals surface area (Å²) in [4.78, 5) is 16.6. The Morgan fingerprint density at radius 2 is 1.89 bits per heavy atom. The second-order valence-corrected chi connectivity index (χ2v) is 6.21. The van der Waals surface area contributed by atoms with Gasteiger partial charge in [0, 0.05) is 30.7 Å². The molecule has 0 aliphatic rings. The van der Waals surface area contributed by atoms with Crippen molar-refractivity contribution in [1.82, 2.24) is 14.9 Å². The average molecular weight is 386 g/mol. The van der Waals surface area contributed by atoms with Gasteiger partial charge in [-0.1, -0.05) is 11.6 Å². The minimum absolute atomic E-state index is 0.180. The van der Waals surface area contributed by atoms with E-state index >= 15 is 0 Å². The number of benzene rings is 1. The van der Waals surface area contributed by atoms with Gasteiger partial charge in [-0.25, -0.2) is 0 Å². The van der Waals surface area contributed by atoms with Crippen molar-refractivity contribution in [2.75, 3.05) is 20.2 Å². The van der Waals surface area contributed by atoms with E-state index in [-0.39, 0.29) is 12.2 Å². The lowest BCUT2D eigenvalue weighted by molar-refractivity contribution is 0.300. The molecule has 0 aliphatic carbocycles. The van der Waals surface area contributed by atoms with Crippen molar-refractivity contribution in [3.05, 3.63) is 82.0 Å². The van der Waals surface area contributed by atoms with Gasteiger partial charge in [0.05, 0.1) is 10.7 Å². The normalized spacial score (nSPS) is 10.6. The van der Waals surface area contributed by atoms with Crippen LogP contribution in [0.15, 0.2) is 65.7 Å². The zero-order valence-electron chi connectivity index (χ0n) is 14.9. The van der Waals surface area contributed by atoms with Gasteiger partial charge >= 0.3 is 0 Å². The molecule has 0 amide bonds. The number of nitrogens with one attached hydrogen (secondary N) is 1. The van der Waals surface area contributed by atoms with E-state index in [1.54, 1.807) is 35.2 Å². The summed E-state index contributed by atoms with van der Waals surface area (Å²) >= 11 is 5.81. The van der Waals surface area contributed by atoms with Gasteiger partial charge in [0.2, 0.25) is 0 Å². The second kappa shape index (κ2) is 9.21. The molecule has 0 bridgehead atoms. The van der Waals surface area contributed by atoms with Crippen LogP contribution in [0.5, 0.6) is 11.5 Å². The van der Waals surface area contributed by atoms with Crippen LogP contribution in [0, 0.1) is 0 Å². The van der Waals surface area contributed by atoms with Crippen LogP contribution in [0.25, 0.3) is 5.69 Å². The molecule has 0 spiro atoms. The minimum Gasteiger partial charge on any atom is -0.492 e. The molecule has 0 atom stereocenters. The third-order valence-electron chi connectivity index (χ3n) is 3.80. The van der Waals surface area contributed by atoms with Gasteiger partial charge in [-0.2, -0.15) is 0 Å². The SMILES string of the molecule is CNCCOc1ccc(-n2ccc(OCc3ccc(Cl)cn3)cc2=O)cc1. The molecule has 27 heavy (non-hydrogen) atoms. The predicted molar refractivity (Wildman–Crippen MR) is 105 cm³/mol. The number of aromatic nitrogens is 2. The molecule has 0 fully saturated rings. The third-order valence-corrected chi connectivity index (χ3v) is 4.03. The molecular formula is C20H20ClN3O3. The van der Waals surface area contributed by atoms with Crippen LogP contribution in [0.1, 0.15) is 5.69 Å². The maximum atomic E-state index is 12.4. The molecule has 3 rings (SSSR count). The lowest BCUT2D eigenvalue weighted by Crippen LogP contribution is -2.17. The number of rotatable bonds is 8. The highest BCUT2D eigenvalue weighted by Crippen LogP contribution is 2.16. The molecule has 3 aromatic rings. The van der Waals surface area contributed by atoms with Gasteiger partial charge in [-0.3, -0.25) is 14.3 Å². The minimum atomic E-state index is -0.180. The lowest BCUT2D eigenvalue weighted by atomic mass is 10.3. The number of nitrogens with zero attached hydrogens (tertiary/aromatic N) is 2. The van der Waals surface area contributed by atoms with Crippen molar-refractivity contribution >= 4 is 11.6 Å². The zero-order chi connectivity index (χ0) is 19.1. The smallest absolute Gasteiger partial charge is 0.258 e. The Balaban J connectivity index is 1.65. The van der Waals surface area contributed by atoms with E-state index in [1.807, 2.05) is 31.3 Å². The van der Waals surface area contributed by atoms with E-state index in [0.29, 0.717) is 17.4 Å². The van der Waals surface area contributed by atoms with E-state index in [9.17, 15) is 4.79 Å². The first-order valence-electron chi connectivity index (χ1n) is 8.49. The lowest BCUT2D eigenvalue weighted by Gasteiger charge is -2.10. The first-order chi connectivity index (χ1) is 13.2. The molecule has 0 saturated heterocycles. The topological polar surface area (TPSA) is 65.4 Å². The number of halogens is 1. The Bertz CT molecular complexity index is 924. The van der Waals surface area contributed by atoms with Crippen molar-refractivity contribution < 1.29 is 9.47 Å². The van der Waals surface area contributed by atoms with Gasteiger partial charge in [0.1, 0.15) is 24.7 Å². The maximum absolute atomic E-state index is 12.4. The number of likely N-dealkylation sites (N-methyl/N-ethyl adjacent to an activating group) is 1. The fourth-order valence-corrected chi connectivity index (χ4v) is 2.50. The molecular weight excluding hydrogens is 366 g/mol. The highest BCUT2D eigenvalue weighted by atomic mass is 35.5. The maximum Gasteiger partial charge on any atom is 0.258 e. The van der Waals surface area contributed by atoms with Crippen LogP contribution < -0.4 is 20.3 Å². The molecule has 0 radical (unpaired) electrons. The molecule has 1 N–H and O–H groups in total. The fraction of sp³-hybridized carbons (Fsp3) is 0.200. The summed E-state index contributed by atoms with van der Waals surface area (Å²) in [6.07, 6.45) is 3.24. The highest BCUT2D eigenvalue weighted by Gasteiger charge is 2.04. The fourth-order valence-electron chi connectivity index (χ4n) is 2.39. The Hall–Kier alpha value is -2.83. The molecule has 7 heteroatoms. The van der Waals surface area contributed by atoms with E-state index < -0.39 is 0 Å². The summed E-state index contributed by atoms with van der Waals surface area (Å²) < 4.78 is 12.8. The molecule has 0 unspecified atom stereocenters. The van der Waals surface area contributed by atoms with Crippen LogP contribution in [-0.2, 0) is 6.61 Å². The Labute approximate surface area is 162 Å². The summed E-state index contributed by atoms with van der Waals surface area (Å²) in [5.74, 6) is 1.25. The largest absolute Gasteiger partial charge is 0.492 e. The van der Waals surface area contributed by atoms with E-state index in [2.05, 4.69) is 10.3 Å². The Kier molecular flexibility index (Phi) is 6.46.